The third kappa shape index (κ3) is 1.95. The van der Waals surface area contributed by atoms with E-state index in [-0.39, 0.29) is 5.75 Å². The van der Waals surface area contributed by atoms with Crippen molar-refractivity contribution in [1.82, 2.24) is 9.97 Å². The Balaban J connectivity index is 2.16. The van der Waals surface area contributed by atoms with Crippen molar-refractivity contribution in [1.29, 1.82) is 0 Å². The van der Waals surface area contributed by atoms with Crippen LogP contribution < -0.4 is 4.90 Å². The van der Waals surface area contributed by atoms with Crippen molar-refractivity contribution in [3.8, 4) is 5.75 Å². The van der Waals surface area contributed by atoms with E-state index in [1.54, 1.807) is 6.07 Å². The van der Waals surface area contributed by atoms with Gasteiger partial charge >= 0.3 is 0 Å². The van der Waals surface area contributed by atoms with Crippen LogP contribution in [0, 0.1) is 0 Å². The van der Waals surface area contributed by atoms with Gasteiger partial charge in [0.1, 0.15) is 23.4 Å². The molecule has 0 aliphatic carbocycles. The molecule has 6 heteroatoms. The molecule has 1 fully saturated rings. The molecule has 1 aromatic carbocycles. The predicted molar refractivity (Wildman–Crippen MR) is 69.2 cm³/mol. The molecule has 0 amide bonds. The molecule has 2 heterocycles. The lowest BCUT2D eigenvalue weighted by atomic mass is 10.2. The third-order valence-corrected chi connectivity index (χ3v) is 3.19. The van der Waals surface area contributed by atoms with Gasteiger partial charge in [-0.3, -0.25) is 0 Å². The quantitative estimate of drug-likeness (QED) is 0.852. The first kappa shape index (κ1) is 11.5. The van der Waals surface area contributed by atoms with Crippen molar-refractivity contribution >= 4 is 28.3 Å². The van der Waals surface area contributed by atoms with Crippen LogP contribution in [0.3, 0.4) is 0 Å². The van der Waals surface area contributed by atoms with Gasteiger partial charge in [0.15, 0.2) is 0 Å². The second kappa shape index (κ2) is 4.59. The van der Waals surface area contributed by atoms with E-state index < -0.39 is 0 Å². The SMILES string of the molecule is Oc1cc(Cl)cc2c(N3CCOCC3)ncnc12. The summed E-state index contributed by atoms with van der Waals surface area (Å²) in [4.78, 5) is 10.5. The van der Waals surface area contributed by atoms with Crippen molar-refractivity contribution in [2.24, 2.45) is 0 Å². The minimum absolute atomic E-state index is 0.0782. The molecule has 0 saturated carbocycles. The normalized spacial score (nSPS) is 16.2. The summed E-state index contributed by atoms with van der Waals surface area (Å²) in [7, 11) is 0. The molecule has 0 radical (unpaired) electrons. The lowest BCUT2D eigenvalue weighted by Crippen LogP contribution is -2.36. The zero-order valence-corrected chi connectivity index (χ0v) is 10.4. The van der Waals surface area contributed by atoms with E-state index >= 15 is 0 Å². The van der Waals surface area contributed by atoms with E-state index in [1.807, 2.05) is 0 Å². The van der Waals surface area contributed by atoms with Crippen molar-refractivity contribution < 1.29 is 9.84 Å². The van der Waals surface area contributed by atoms with Crippen LogP contribution in [-0.4, -0.2) is 41.4 Å². The maximum Gasteiger partial charge on any atom is 0.143 e. The summed E-state index contributed by atoms with van der Waals surface area (Å²) in [6.45, 7) is 2.91. The number of ether oxygens (including phenoxy) is 1. The number of fused-ring (bicyclic) bond motifs is 1. The summed E-state index contributed by atoms with van der Waals surface area (Å²) < 4.78 is 5.32. The zero-order chi connectivity index (χ0) is 12.5. The van der Waals surface area contributed by atoms with Gasteiger partial charge in [0.2, 0.25) is 0 Å². The van der Waals surface area contributed by atoms with Gasteiger partial charge in [-0.1, -0.05) is 11.6 Å². The molecular weight excluding hydrogens is 254 g/mol. The molecule has 0 spiro atoms. The predicted octanol–water partition coefficient (Wildman–Crippen LogP) is 1.83. The number of hydrogen-bond donors (Lipinski definition) is 1. The topological polar surface area (TPSA) is 58.5 Å². The highest BCUT2D eigenvalue weighted by Crippen LogP contribution is 2.32. The van der Waals surface area contributed by atoms with Gasteiger partial charge in [0, 0.05) is 29.6 Å². The van der Waals surface area contributed by atoms with Gasteiger partial charge in [-0.25, -0.2) is 9.97 Å². The van der Waals surface area contributed by atoms with Gasteiger partial charge in [0.25, 0.3) is 0 Å². The number of phenols is 1. The lowest BCUT2D eigenvalue weighted by Gasteiger charge is -2.28. The van der Waals surface area contributed by atoms with Gasteiger partial charge in [-0.05, 0) is 6.07 Å². The zero-order valence-electron chi connectivity index (χ0n) is 9.64. The fourth-order valence-corrected chi connectivity index (χ4v) is 2.34. The molecule has 5 nitrogen and oxygen atoms in total. The third-order valence-electron chi connectivity index (χ3n) is 2.97. The second-order valence-corrected chi connectivity index (χ2v) is 4.55. The van der Waals surface area contributed by atoms with E-state index in [0.717, 1.165) is 24.3 Å². The molecule has 94 valence electrons. The van der Waals surface area contributed by atoms with Crippen LogP contribution >= 0.6 is 11.6 Å². The molecule has 18 heavy (non-hydrogen) atoms. The Bertz CT molecular complexity index is 585. The van der Waals surface area contributed by atoms with Crippen molar-refractivity contribution in [3.05, 3.63) is 23.5 Å². The standard InChI is InChI=1S/C12H12ClN3O2/c13-8-5-9-11(10(17)6-8)14-7-15-12(9)16-1-3-18-4-2-16/h5-7,17H,1-4H2. The summed E-state index contributed by atoms with van der Waals surface area (Å²) in [5.41, 5.74) is 0.524. The Morgan fingerprint density at radius 2 is 2.00 bits per heavy atom. The summed E-state index contributed by atoms with van der Waals surface area (Å²) in [5.74, 6) is 0.871. The van der Waals surface area contributed by atoms with Crippen LogP contribution in [0.4, 0.5) is 5.82 Å². The maximum absolute atomic E-state index is 9.86. The summed E-state index contributed by atoms with van der Waals surface area (Å²) in [6, 6.07) is 3.27. The Morgan fingerprint density at radius 1 is 1.22 bits per heavy atom. The van der Waals surface area contributed by atoms with E-state index in [4.69, 9.17) is 16.3 Å². The molecule has 3 rings (SSSR count). The molecule has 0 bridgehead atoms. The number of phenolic OH excluding ortho intramolecular Hbond substituents is 1. The minimum atomic E-state index is 0.0782. The fourth-order valence-electron chi connectivity index (χ4n) is 2.13. The number of aromatic nitrogens is 2. The van der Waals surface area contributed by atoms with Crippen LogP contribution in [0.2, 0.25) is 5.02 Å². The molecule has 1 aliphatic heterocycles. The van der Waals surface area contributed by atoms with Crippen molar-refractivity contribution in [2.75, 3.05) is 31.2 Å². The highest BCUT2D eigenvalue weighted by atomic mass is 35.5. The largest absolute Gasteiger partial charge is 0.506 e. The number of nitrogens with zero attached hydrogens (tertiary/aromatic N) is 3. The maximum atomic E-state index is 9.86. The number of morpholine rings is 1. The van der Waals surface area contributed by atoms with E-state index in [9.17, 15) is 5.11 Å². The molecule has 1 aromatic heterocycles. The Kier molecular flexibility index (Phi) is 2.93. The molecule has 1 saturated heterocycles. The first-order valence-corrected chi connectivity index (χ1v) is 6.09. The van der Waals surface area contributed by atoms with Gasteiger partial charge in [-0.15, -0.1) is 0 Å². The number of aromatic hydroxyl groups is 1. The van der Waals surface area contributed by atoms with Gasteiger partial charge < -0.3 is 14.7 Å². The number of anilines is 1. The second-order valence-electron chi connectivity index (χ2n) is 4.12. The Labute approximate surface area is 109 Å². The first-order valence-electron chi connectivity index (χ1n) is 5.71. The summed E-state index contributed by atoms with van der Waals surface area (Å²) in [5, 5.41) is 11.1. The van der Waals surface area contributed by atoms with Gasteiger partial charge in [0.05, 0.1) is 13.2 Å². The van der Waals surface area contributed by atoms with E-state index in [2.05, 4.69) is 14.9 Å². The highest BCUT2D eigenvalue weighted by Gasteiger charge is 2.17. The number of hydrogen-bond acceptors (Lipinski definition) is 5. The van der Waals surface area contributed by atoms with Gasteiger partial charge in [-0.2, -0.15) is 0 Å². The molecule has 1 aliphatic rings. The van der Waals surface area contributed by atoms with Crippen molar-refractivity contribution in [3.63, 3.8) is 0 Å². The summed E-state index contributed by atoms with van der Waals surface area (Å²) in [6.07, 6.45) is 1.46. The smallest absolute Gasteiger partial charge is 0.143 e. The van der Waals surface area contributed by atoms with E-state index in [0.29, 0.717) is 23.8 Å². The van der Waals surface area contributed by atoms with E-state index in [1.165, 1.54) is 12.4 Å². The van der Waals surface area contributed by atoms with Crippen molar-refractivity contribution in [2.45, 2.75) is 0 Å². The monoisotopic (exact) mass is 265 g/mol. The number of rotatable bonds is 1. The fraction of sp³-hybridized carbons (Fsp3) is 0.333. The van der Waals surface area contributed by atoms with Crippen LogP contribution in [0.5, 0.6) is 5.75 Å². The molecule has 0 atom stereocenters. The van der Waals surface area contributed by atoms with Crippen LogP contribution in [0.15, 0.2) is 18.5 Å². The Hall–Kier alpha value is -1.59. The summed E-state index contributed by atoms with van der Waals surface area (Å²) >= 11 is 5.98. The highest BCUT2D eigenvalue weighted by molar-refractivity contribution is 6.31. The van der Waals surface area contributed by atoms with Crippen LogP contribution in [0.1, 0.15) is 0 Å². The first-order chi connectivity index (χ1) is 8.75. The average molecular weight is 266 g/mol. The molecular formula is C12H12ClN3O2. The minimum Gasteiger partial charge on any atom is -0.506 e. The number of benzene rings is 1. The Morgan fingerprint density at radius 3 is 2.78 bits per heavy atom. The molecule has 1 N–H and O–H groups in total. The average Bonchev–Trinajstić information content (AvgIpc) is 2.39. The molecule has 0 unspecified atom stereocenters. The molecule has 2 aromatic rings. The lowest BCUT2D eigenvalue weighted by molar-refractivity contribution is 0.122. The van der Waals surface area contributed by atoms with Crippen LogP contribution in [-0.2, 0) is 4.74 Å². The van der Waals surface area contributed by atoms with Crippen LogP contribution in [0.25, 0.3) is 10.9 Å². The number of halogens is 1.